The van der Waals surface area contributed by atoms with Crippen LogP contribution in [0.5, 0.6) is 0 Å². The number of hydrogen-bond acceptors (Lipinski definition) is 6. The van der Waals surface area contributed by atoms with Gasteiger partial charge in [-0.15, -0.1) is 0 Å². The Hall–Kier alpha value is -3.75. The summed E-state index contributed by atoms with van der Waals surface area (Å²) in [7, 11) is 0. The first-order chi connectivity index (χ1) is 15.6. The van der Waals surface area contributed by atoms with E-state index in [-0.39, 0.29) is 24.2 Å². The minimum atomic E-state index is -0.290. The molecular formula is C23H25N7O2. The normalized spacial score (nSPS) is 19.0. The summed E-state index contributed by atoms with van der Waals surface area (Å²) in [5, 5.41) is 0. The van der Waals surface area contributed by atoms with Crippen molar-refractivity contribution in [3.05, 3.63) is 60.9 Å². The molecule has 2 amide bonds. The maximum Gasteiger partial charge on any atom is 0.228 e. The van der Waals surface area contributed by atoms with Crippen molar-refractivity contribution in [2.45, 2.75) is 13.3 Å². The van der Waals surface area contributed by atoms with Crippen molar-refractivity contribution in [1.29, 1.82) is 0 Å². The molecule has 0 saturated carbocycles. The maximum absolute atomic E-state index is 13.1. The van der Waals surface area contributed by atoms with Crippen molar-refractivity contribution in [3.63, 3.8) is 0 Å². The van der Waals surface area contributed by atoms with Gasteiger partial charge in [-0.3, -0.25) is 14.2 Å². The Morgan fingerprint density at radius 2 is 1.78 bits per heavy atom. The molecule has 2 aromatic heterocycles. The van der Waals surface area contributed by atoms with E-state index >= 15 is 0 Å². The summed E-state index contributed by atoms with van der Waals surface area (Å²) in [5.74, 6) is 1.37. The first-order valence-corrected chi connectivity index (χ1v) is 10.8. The fourth-order valence-electron chi connectivity index (χ4n) is 4.31. The molecule has 0 aliphatic carbocycles. The second-order valence-electron chi connectivity index (χ2n) is 8.26. The van der Waals surface area contributed by atoms with Crippen LogP contribution in [0.25, 0.3) is 5.82 Å². The molecule has 0 bridgehead atoms. The molecule has 2 aliphatic rings. The van der Waals surface area contributed by atoms with Gasteiger partial charge in [0.15, 0.2) is 0 Å². The zero-order valence-corrected chi connectivity index (χ0v) is 18.0. The van der Waals surface area contributed by atoms with E-state index in [2.05, 4.69) is 19.9 Å². The third kappa shape index (κ3) is 3.93. The standard InChI is InChI=1S/C23H25N7O2/c1-17-2-4-19(5-3-17)30-14-18(12-22(30)31)23(32)28-10-8-27(9-11-28)20-13-21(26-15-25-20)29-7-6-24-16-29/h2-7,13,15-16,18H,8-12,14H2,1H3. The number of aromatic nitrogens is 4. The molecular weight excluding hydrogens is 406 g/mol. The lowest BCUT2D eigenvalue weighted by Crippen LogP contribution is -2.51. The summed E-state index contributed by atoms with van der Waals surface area (Å²) < 4.78 is 1.84. The van der Waals surface area contributed by atoms with Crippen molar-refractivity contribution in [2.75, 3.05) is 42.5 Å². The smallest absolute Gasteiger partial charge is 0.228 e. The average molecular weight is 432 g/mol. The van der Waals surface area contributed by atoms with Crippen molar-refractivity contribution in [1.82, 2.24) is 24.4 Å². The van der Waals surface area contributed by atoms with Crippen LogP contribution in [-0.2, 0) is 9.59 Å². The first kappa shape index (κ1) is 20.2. The summed E-state index contributed by atoms with van der Waals surface area (Å²) in [5.41, 5.74) is 2.00. The van der Waals surface area contributed by atoms with Crippen molar-refractivity contribution in [3.8, 4) is 5.82 Å². The predicted octanol–water partition coefficient (Wildman–Crippen LogP) is 1.67. The van der Waals surface area contributed by atoms with Crippen LogP contribution in [0.15, 0.2) is 55.4 Å². The zero-order chi connectivity index (χ0) is 22.1. The SMILES string of the molecule is Cc1ccc(N2CC(C(=O)N3CCN(c4cc(-n5ccnc5)ncn4)CC3)CC2=O)cc1. The molecule has 0 N–H and O–H groups in total. The molecule has 9 nitrogen and oxygen atoms in total. The summed E-state index contributed by atoms with van der Waals surface area (Å²) in [6, 6.07) is 9.79. The van der Waals surface area contributed by atoms with E-state index in [9.17, 15) is 9.59 Å². The first-order valence-electron chi connectivity index (χ1n) is 10.8. The van der Waals surface area contributed by atoms with Crippen molar-refractivity contribution < 1.29 is 9.59 Å². The zero-order valence-electron chi connectivity index (χ0n) is 18.0. The van der Waals surface area contributed by atoms with E-state index in [4.69, 9.17) is 0 Å². The van der Waals surface area contributed by atoms with E-state index in [1.54, 1.807) is 23.8 Å². The number of amides is 2. The van der Waals surface area contributed by atoms with E-state index in [1.807, 2.05) is 52.9 Å². The number of aryl methyl sites for hydroxylation is 1. The Balaban J connectivity index is 1.20. The summed E-state index contributed by atoms with van der Waals surface area (Å²) in [6.07, 6.45) is 7.07. The van der Waals surface area contributed by atoms with E-state index in [0.29, 0.717) is 32.7 Å². The van der Waals surface area contributed by atoms with Gasteiger partial charge in [0.1, 0.15) is 24.3 Å². The van der Waals surface area contributed by atoms with Gasteiger partial charge in [-0.25, -0.2) is 15.0 Å². The van der Waals surface area contributed by atoms with Gasteiger partial charge in [0.2, 0.25) is 11.8 Å². The highest BCUT2D eigenvalue weighted by molar-refractivity contribution is 6.00. The number of nitrogens with zero attached hydrogens (tertiary/aromatic N) is 7. The van der Waals surface area contributed by atoms with Gasteiger partial charge in [-0.1, -0.05) is 17.7 Å². The average Bonchev–Trinajstić information content (AvgIpc) is 3.50. The molecule has 9 heteroatoms. The van der Waals surface area contributed by atoms with Crippen LogP contribution in [0.3, 0.4) is 0 Å². The molecule has 4 heterocycles. The monoisotopic (exact) mass is 431 g/mol. The number of piperazine rings is 1. The van der Waals surface area contributed by atoms with Crippen LogP contribution in [0.2, 0.25) is 0 Å². The van der Waals surface area contributed by atoms with Gasteiger partial charge in [-0.05, 0) is 19.1 Å². The van der Waals surface area contributed by atoms with Crippen LogP contribution >= 0.6 is 0 Å². The van der Waals surface area contributed by atoms with Gasteiger partial charge in [-0.2, -0.15) is 0 Å². The molecule has 0 spiro atoms. The number of carbonyl (C=O) groups is 2. The Kier molecular flexibility index (Phi) is 5.30. The van der Waals surface area contributed by atoms with Gasteiger partial charge in [0.05, 0.1) is 5.92 Å². The molecule has 0 radical (unpaired) electrons. The summed E-state index contributed by atoms with van der Waals surface area (Å²) in [6.45, 7) is 5.06. The topological polar surface area (TPSA) is 87.5 Å². The van der Waals surface area contributed by atoms with Crippen molar-refractivity contribution >= 4 is 23.3 Å². The Bertz CT molecular complexity index is 1110. The fourth-order valence-corrected chi connectivity index (χ4v) is 4.31. The van der Waals surface area contributed by atoms with Crippen molar-refractivity contribution in [2.24, 2.45) is 5.92 Å². The highest BCUT2D eigenvalue weighted by Gasteiger charge is 2.38. The second kappa shape index (κ2) is 8.41. The molecule has 164 valence electrons. The predicted molar refractivity (Wildman–Crippen MR) is 120 cm³/mol. The Morgan fingerprint density at radius 1 is 1.03 bits per heavy atom. The van der Waals surface area contributed by atoms with Crippen LogP contribution in [-0.4, -0.2) is 69.0 Å². The molecule has 2 fully saturated rings. The quantitative estimate of drug-likeness (QED) is 0.625. The van der Waals surface area contributed by atoms with E-state index in [0.717, 1.165) is 22.9 Å². The maximum atomic E-state index is 13.1. The number of hydrogen-bond donors (Lipinski definition) is 0. The lowest BCUT2D eigenvalue weighted by atomic mass is 10.1. The second-order valence-corrected chi connectivity index (χ2v) is 8.26. The molecule has 2 saturated heterocycles. The number of carbonyl (C=O) groups excluding carboxylic acids is 2. The Morgan fingerprint density at radius 3 is 2.50 bits per heavy atom. The molecule has 2 aliphatic heterocycles. The lowest BCUT2D eigenvalue weighted by Gasteiger charge is -2.36. The van der Waals surface area contributed by atoms with Gasteiger partial charge >= 0.3 is 0 Å². The van der Waals surface area contributed by atoms with Crippen LogP contribution < -0.4 is 9.80 Å². The minimum Gasteiger partial charge on any atom is -0.353 e. The highest BCUT2D eigenvalue weighted by Crippen LogP contribution is 2.27. The van der Waals surface area contributed by atoms with E-state index in [1.165, 1.54) is 0 Å². The van der Waals surface area contributed by atoms with E-state index < -0.39 is 0 Å². The molecule has 32 heavy (non-hydrogen) atoms. The van der Waals surface area contributed by atoms with Gasteiger partial charge < -0.3 is 14.7 Å². The van der Waals surface area contributed by atoms with Gasteiger partial charge in [0.25, 0.3) is 0 Å². The minimum absolute atomic E-state index is 0.0128. The molecule has 1 aromatic carbocycles. The third-order valence-electron chi connectivity index (χ3n) is 6.14. The summed E-state index contributed by atoms with van der Waals surface area (Å²) >= 11 is 0. The Labute approximate surface area is 186 Å². The molecule has 5 rings (SSSR count). The number of imidazole rings is 1. The highest BCUT2D eigenvalue weighted by atomic mass is 16.2. The number of rotatable bonds is 4. The van der Waals surface area contributed by atoms with Crippen LogP contribution in [0.1, 0.15) is 12.0 Å². The largest absolute Gasteiger partial charge is 0.353 e. The fraction of sp³-hybridized carbons (Fsp3) is 0.348. The van der Waals surface area contributed by atoms with Gasteiger partial charge in [0, 0.05) is 63.3 Å². The molecule has 1 unspecified atom stereocenters. The van der Waals surface area contributed by atoms with Crippen LogP contribution in [0.4, 0.5) is 11.5 Å². The molecule has 3 aromatic rings. The molecule has 1 atom stereocenters. The summed E-state index contributed by atoms with van der Waals surface area (Å²) in [4.78, 5) is 44.2. The number of anilines is 2. The number of benzene rings is 1. The van der Waals surface area contributed by atoms with Crippen LogP contribution in [0, 0.1) is 12.8 Å². The third-order valence-corrected chi connectivity index (χ3v) is 6.14. The lowest BCUT2D eigenvalue weighted by molar-refractivity contribution is -0.136.